The fourth-order valence-corrected chi connectivity index (χ4v) is 2.16. The lowest BCUT2D eigenvalue weighted by Gasteiger charge is -2.35. The molecule has 4 nitrogen and oxygen atoms in total. The first-order valence-electron chi connectivity index (χ1n) is 5.89. The van der Waals surface area contributed by atoms with Crippen LogP contribution in [0.5, 0.6) is 0 Å². The van der Waals surface area contributed by atoms with Gasteiger partial charge in [0.1, 0.15) is 5.69 Å². The minimum Gasteiger partial charge on any atom is -0.364 e. The summed E-state index contributed by atoms with van der Waals surface area (Å²) in [4.78, 5) is 3.54. The van der Waals surface area contributed by atoms with Crippen molar-refractivity contribution in [1.82, 2.24) is 4.90 Å². The van der Waals surface area contributed by atoms with E-state index in [1.54, 1.807) is 11.0 Å². The maximum atomic E-state index is 13.8. The van der Waals surface area contributed by atoms with E-state index in [1.807, 2.05) is 4.90 Å². The average molecular weight is 262 g/mol. The molecule has 0 spiro atoms. The van der Waals surface area contributed by atoms with E-state index in [1.165, 1.54) is 0 Å². The number of rotatable bonds is 2. The summed E-state index contributed by atoms with van der Waals surface area (Å²) in [5.74, 6) is -1.43. The van der Waals surface area contributed by atoms with Crippen LogP contribution < -0.4 is 4.90 Å². The molecule has 0 atom stereocenters. The molecule has 98 valence electrons. The lowest BCUT2D eigenvalue weighted by Crippen LogP contribution is -2.47. The molecule has 0 N–H and O–H groups in total. The topological polar surface area (TPSA) is 54.1 Å². The van der Waals surface area contributed by atoms with E-state index in [-0.39, 0.29) is 11.3 Å². The standard InChI is InChI=1S/C13H12F2N4/c14-11-7-10(9-17)8-12(15)13(11)19-5-3-18(2-1-16)4-6-19/h7-8H,2-6H2. The summed E-state index contributed by atoms with van der Waals surface area (Å²) in [5.41, 5.74) is -0.113. The number of benzene rings is 1. The molecule has 1 aromatic rings. The molecule has 1 aromatic carbocycles. The number of hydrogen-bond acceptors (Lipinski definition) is 4. The average Bonchev–Trinajstić information content (AvgIpc) is 2.40. The van der Waals surface area contributed by atoms with Gasteiger partial charge in [0.15, 0.2) is 11.6 Å². The van der Waals surface area contributed by atoms with Crippen molar-refractivity contribution >= 4 is 5.69 Å². The van der Waals surface area contributed by atoms with Crippen molar-refractivity contribution in [3.63, 3.8) is 0 Å². The van der Waals surface area contributed by atoms with Crippen LogP contribution in [0.25, 0.3) is 0 Å². The second kappa shape index (κ2) is 5.64. The van der Waals surface area contributed by atoms with Gasteiger partial charge in [-0.1, -0.05) is 0 Å². The normalized spacial score (nSPS) is 15.9. The van der Waals surface area contributed by atoms with Gasteiger partial charge in [-0.15, -0.1) is 0 Å². The summed E-state index contributed by atoms with van der Waals surface area (Å²) in [5, 5.41) is 17.2. The maximum Gasteiger partial charge on any atom is 0.150 e. The Morgan fingerprint density at radius 1 is 1.05 bits per heavy atom. The molecule has 1 aliphatic rings. The monoisotopic (exact) mass is 262 g/mol. The highest BCUT2D eigenvalue weighted by Gasteiger charge is 2.22. The van der Waals surface area contributed by atoms with Crippen LogP contribution in [-0.2, 0) is 0 Å². The van der Waals surface area contributed by atoms with Crippen LogP contribution in [-0.4, -0.2) is 37.6 Å². The van der Waals surface area contributed by atoms with Gasteiger partial charge < -0.3 is 4.90 Å². The van der Waals surface area contributed by atoms with Gasteiger partial charge in [0.25, 0.3) is 0 Å². The van der Waals surface area contributed by atoms with E-state index in [0.29, 0.717) is 32.7 Å². The molecule has 0 unspecified atom stereocenters. The van der Waals surface area contributed by atoms with E-state index in [2.05, 4.69) is 6.07 Å². The van der Waals surface area contributed by atoms with Gasteiger partial charge in [-0.05, 0) is 12.1 Å². The van der Waals surface area contributed by atoms with Crippen molar-refractivity contribution < 1.29 is 8.78 Å². The lowest BCUT2D eigenvalue weighted by molar-refractivity contribution is 0.285. The lowest BCUT2D eigenvalue weighted by atomic mass is 10.1. The first-order chi connectivity index (χ1) is 9.15. The molecule has 0 amide bonds. The Morgan fingerprint density at radius 2 is 1.63 bits per heavy atom. The molecule has 0 saturated carbocycles. The fraction of sp³-hybridized carbons (Fsp3) is 0.385. The molecule has 0 aromatic heterocycles. The summed E-state index contributed by atoms with van der Waals surface area (Å²) >= 11 is 0. The Kier molecular flexibility index (Phi) is 3.94. The van der Waals surface area contributed by atoms with Crippen molar-refractivity contribution in [1.29, 1.82) is 10.5 Å². The van der Waals surface area contributed by atoms with Gasteiger partial charge in [-0.25, -0.2) is 8.78 Å². The highest BCUT2D eigenvalue weighted by molar-refractivity contribution is 5.53. The summed E-state index contributed by atoms with van der Waals surface area (Å²) in [7, 11) is 0. The third-order valence-corrected chi connectivity index (χ3v) is 3.13. The highest BCUT2D eigenvalue weighted by Crippen LogP contribution is 2.25. The molecule has 1 saturated heterocycles. The van der Waals surface area contributed by atoms with Crippen LogP contribution in [0.2, 0.25) is 0 Å². The predicted octanol–water partition coefficient (Wildman–Crippen LogP) is 1.48. The maximum absolute atomic E-state index is 13.8. The molecule has 2 rings (SSSR count). The smallest absolute Gasteiger partial charge is 0.150 e. The number of anilines is 1. The molecule has 1 fully saturated rings. The minimum atomic E-state index is -0.717. The third kappa shape index (κ3) is 2.81. The molecular formula is C13H12F2N4. The number of piperazine rings is 1. The third-order valence-electron chi connectivity index (χ3n) is 3.13. The zero-order valence-corrected chi connectivity index (χ0v) is 10.2. The Morgan fingerprint density at radius 3 is 2.11 bits per heavy atom. The number of nitrogens with zero attached hydrogens (tertiary/aromatic N) is 4. The Labute approximate surface area is 110 Å². The van der Waals surface area contributed by atoms with Crippen LogP contribution in [0.1, 0.15) is 5.56 Å². The summed E-state index contributed by atoms with van der Waals surface area (Å²) in [6.45, 7) is 2.42. The molecule has 1 aliphatic heterocycles. The van der Waals surface area contributed by atoms with Crippen LogP contribution in [0.3, 0.4) is 0 Å². The van der Waals surface area contributed by atoms with Crippen molar-refractivity contribution in [3.8, 4) is 12.1 Å². The van der Waals surface area contributed by atoms with E-state index in [4.69, 9.17) is 10.5 Å². The molecule has 0 radical (unpaired) electrons. The van der Waals surface area contributed by atoms with Crippen molar-refractivity contribution in [2.75, 3.05) is 37.6 Å². The SMILES string of the molecule is N#CCN1CCN(c2c(F)cc(C#N)cc2F)CC1. The second-order valence-electron chi connectivity index (χ2n) is 4.32. The largest absolute Gasteiger partial charge is 0.364 e. The Hall–Kier alpha value is -2.18. The predicted molar refractivity (Wildman–Crippen MR) is 65.3 cm³/mol. The van der Waals surface area contributed by atoms with E-state index >= 15 is 0 Å². The van der Waals surface area contributed by atoms with Crippen molar-refractivity contribution in [2.45, 2.75) is 0 Å². The zero-order chi connectivity index (χ0) is 13.8. The van der Waals surface area contributed by atoms with Gasteiger partial charge >= 0.3 is 0 Å². The Bertz CT molecular complexity index is 528. The van der Waals surface area contributed by atoms with Gasteiger partial charge in [0, 0.05) is 26.2 Å². The summed E-state index contributed by atoms with van der Waals surface area (Å²) in [6, 6.07) is 5.86. The second-order valence-corrected chi connectivity index (χ2v) is 4.32. The summed E-state index contributed by atoms with van der Waals surface area (Å²) < 4.78 is 27.7. The van der Waals surface area contributed by atoms with Crippen LogP contribution in [0.4, 0.5) is 14.5 Å². The zero-order valence-electron chi connectivity index (χ0n) is 10.2. The van der Waals surface area contributed by atoms with Gasteiger partial charge in [0.2, 0.25) is 0 Å². The van der Waals surface area contributed by atoms with E-state index in [9.17, 15) is 8.78 Å². The van der Waals surface area contributed by atoms with Gasteiger partial charge in [0.05, 0.1) is 24.2 Å². The first-order valence-corrected chi connectivity index (χ1v) is 5.89. The molecule has 0 aliphatic carbocycles. The molecule has 1 heterocycles. The molecule has 0 bridgehead atoms. The molecular weight excluding hydrogens is 250 g/mol. The number of halogens is 2. The quantitative estimate of drug-likeness (QED) is 0.758. The number of nitriles is 2. The first kappa shape index (κ1) is 13.3. The Balaban J connectivity index is 2.17. The molecule has 6 heteroatoms. The minimum absolute atomic E-state index is 0.0260. The van der Waals surface area contributed by atoms with Crippen molar-refractivity contribution in [2.24, 2.45) is 0 Å². The van der Waals surface area contributed by atoms with E-state index < -0.39 is 11.6 Å². The van der Waals surface area contributed by atoms with Gasteiger partial charge in [-0.2, -0.15) is 10.5 Å². The fourth-order valence-electron chi connectivity index (χ4n) is 2.16. The van der Waals surface area contributed by atoms with Crippen LogP contribution >= 0.6 is 0 Å². The van der Waals surface area contributed by atoms with E-state index in [0.717, 1.165) is 12.1 Å². The van der Waals surface area contributed by atoms with Crippen molar-refractivity contribution in [3.05, 3.63) is 29.3 Å². The molecule has 19 heavy (non-hydrogen) atoms. The van der Waals surface area contributed by atoms with Crippen LogP contribution in [0.15, 0.2) is 12.1 Å². The number of hydrogen-bond donors (Lipinski definition) is 0. The highest BCUT2D eigenvalue weighted by atomic mass is 19.1. The van der Waals surface area contributed by atoms with Crippen LogP contribution in [0, 0.1) is 34.3 Å². The summed E-state index contributed by atoms with van der Waals surface area (Å²) in [6.07, 6.45) is 0. The van der Waals surface area contributed by atoms with Gasteiger partial charge in [-0.3, -0.25) is 4.90 Å².